The van der Waals surface area contributed by atoms with Gasteiger partial charge in [0.15, 0.2) is 0 Å². The summed E-state index contributed by atoms with van der Waals surface area (Å²) in [6, 6.07) is 9.89. The first-order valence-electron chi connectivity index (χ1n) is 6.80. The predicted molar refractivity (Wildman–Crippen MR) is 78.8 cm³/mol. The average molecular weight is 288 g/mol. The van der Waals surface area contributed by atoms with Crippen molar-refractivity contribution in [2.75, 3.05) is 18.5 Å². The van der Waals surface area contributed by atoms with Crippen molar-refractivity contribution >= 4 is 11.8 Å². The number of nitrogens with zero attached hydrogens (tertiary/aromatic N) is 1. The number of anilines is 1. The number of carbonyl (C=O) groups is 1. The number of rotatable bonds is 6. The number of esters is 1. The summed E-state index contributed by atoms with van der Waals surface area (Å²) in [6.07, 6.45) is 2.17. The van der Waals surface area contributed by atoms with Crippen LogP contribution < -0.4 is 5.32 Å². The van der Waals surface area contributed by atoms with Crippen LogP contribution in [-0.2, 0) is 11.2 Å². The van der Waals surface area contributed by atoms with E-state index < -0.39 is 0 Å². The molecule has 2 aromatic rings. The van der Waals surface area contributed by atoms with Crippen LogP contribution in [0.5, 0.6) is 0 Å². The van der Waals surface area contributed by atoms with Gasteiger partial charge in [0.25, 0.3) is 0 Å². The molecule has 0 bridgehead atoms. The Labute approximate surface area is 123 Å². The van der Waals surface area contributed by atoms with Gasteiger partial charge in [-0.3, -0.25) is 0 Å². The molecule has 0 fully saturated rings. The number of aromatic nitrogens is 1. The second-order valence-electron chi connectivity index (χ2n) is 4.46. The first-order valence-corrected chi connectivity index (χ1v) is 6.80. The van der Waals surface area contributed by atoms with Crippen molar-refractivity contribution in [2.24, 2.45) is 0 Å². The number of halogens is 1. The van der Waals surface area contributed by atoms with E-state index in [1.165, 1.54) is 18.3 Å². The van der Waals surface area contributed by atoms with Gasteiger partial charge in [-0.1, -0.05) is 12.1 Å². The summed E-state index contributed by atoms with van der Waals surface area (Å²) in [5.41, 5.74) is 1.35. The van der Waals surface area contributed by atoms with E-state index in [1.54, 1.807) is 25.1 Å². The summed E-state index contributed by atoms with van der Waals surface area (Å²) in [5.74, 6) is 0.0557. The molecule has 0 saturated carbocycles. The fourth-order valence-corrected chi connectivity index (χ4v) is 1.86. The van der Waals surface area contributed by atoms with Crippen LogP contribution in [0.1, 0.15) is 22.8 Å². The molecule has 0 saturated heterocycles. The van der Waals surface area contributed by atoms with Gasteiger partial charge in [-0.2, -0.15) is 0 Å². The van der Waals surface area contributed by atoms with Crippen LogP contribution >= 0.6 is 0 Å². The molecular formula is C16H17FN2O2. The molecule has 0 radical (unpaired) electrons. The second kappa shape index (κ2) is 7.38. The van der Waals surface area contributed by atoms with Crippen LogP contribution in [-0.4, -0.2) is 24.1 Å². The lowest BCUT2D eigenvalue weighted by molar-refractivity contribution is 0.0526. The molecule has 0 unspecified atom stereocenters. The zero-order valence-electron chi connectivity index (χ0n) is 11.8. The molecule has 1 aromatic heterocycles. The van der Waals surface area contributed by atoms with Gasteiger partial charge in [0, 0.05) is 12.7 Å². The van der Waals surface area contributed by atoms with E-state index in [1.807, 2.05) is 6.07 Å². The van der Waals surface area contributed by atoms with Crippen molar-refractivity contribution < 1.29 is 13.9 Å². The lowest BCUT2D eigenvalue weighted by atomic mass is 10.1. The third kappa shape index (κ3) is 4.56. The number of carbonyl (C=O) groups excluding carboxylic acids is 1. The summed E-state index contributed by atoms with van der Waals surface area (Å²) < 4.78 is 17.9. The first-order chi connectivity index (χ1) is 10.2. The van der Waals surface area contributed by atoms with Gasteiger partial charge in [-0.15, -0.1) is 0 Å². The van der Waals surface area contributed by atoms with Gasteiger partial charge in [0.1, 0.15) is 11.6 Å². The van der Waals surface area contributed by atoms with E-state index in [4.69, 9.17) is 4.74 Å². The molecular weight excluding hydrogens is 271 g/mol. The van der Waals surface area contributed by atoms with Crippen molar-refractivity contribution in [1.29, 1.82) is 0 Å². The number of ether oxygens (including phenoxy) is 1. The van der Waals surface area contributed by atoms with Gasteiger partial charge in [0.05, 0.1) is 12.2 Å². The Kier molecular flexibility index (Phi) is 5.26. The van der Waals surface area contributed by atoms with E-state index in [0.29, 0.717) is 31.0 Å². The Balaban J connectivity index is 1.85. The average Bonchev–Trinajstić information content (AvgIpc) is 2.48. The summed E-state index contributed by atoms with van der Waals surface area (Å²) in [6.45, 7) is 2.73. The van der Waals surface area contributed by atoms with Gasteiger partial charge in [-0.05, 0) is 43.2 Å². The molecule has 110 valence electrons. The molecule has 0 aliphatic heterocycles. The maximum Gasteiger partial charge on any atom is 0.339 e. The lowest BCUT2D eigenvalue weighted by Crippen LogP contribution is -2.08. The maximum absolute atomic E-state index is 13.0. The Bertz CT molecular complexity index is 599. The molecule has 0 aliphatic rings. The molecule has 1 heterocycles. The fourth-order valence-electron chi connectivity index (χ4n) is 1.86. The van der Waals surface area contributed by atoms with E-state index in [2.05, 4.69) is 10.3 Å². The zero-order chi connectivity index (χ0) is 15.1. The standard InChI is InChI=1S/C16H17FN2O2/c1-2-21-16(20)13-6-7-15(19-11-13)18-9-8-12-4-3-5-14(17)10-12/h3-7,10-11H,2,8-9H2,1H3,(H,18,19). The minimum absolute atomic E-state index is 0.232. The van der Waals surface area contributed by atoms with Crippen LogP contribution in [0, 0.1) is 5.82 Å². The molecule has 4 nitrogen and oxygen atoms in total. The number of benzene rings is 1. The smallest absolute Gasteiger partial charge is 0.339 e. The summed E-state index contributed by atoms with van der Waals surface area (Å²) in [5, 5.41) is 3.13. The highest BCUT2D eigenvalue weighted by Gasteiger charge is 2.06. The van der Waals surface area contributed by atoms with Gasteiger partial charge < -0.3 is 10.1 Å². The van der Waals surface area contributed by atoms with Gasteiger partial charge in [-0.25, -0.2) is 14.2 Å². The number of pyridine rings is 1. The maximum atomic E-state index is 13.0. The van der Waals surface area contributed by atoms with Crippen molar-refractivity contribution in [3.05, 3.63) is 59.5 Å². The Hall–Kier alpha value is -2.43. The largest absolute Gasteiger partial charge is 0.462 e. The van der Waals surface area contributed by atoms with Crippen molar-refractivity contribution in [3.8, 4) is 0 Å². The van der Waals surface area contributed by atoms with E-state index in [9.17, 15) is 9.18 Å². The fraction of sp³-hybridized carbons (Fsp3) is 0.250. The zero-order valence-corrected chi connectivity index (χ0v) is 11.8. The van der Waals surface area contributed by atoms with Crippen molar-refractivity contribution in [2.45, 2.75) is 13.3 Å². The Morgan fingerprint density at radius 1 is 1.33 bits per heavy atom. The predicted octanol–water partition coefficient (Wildman–Crippen LogP) is 3.05. The van der Waals surface area contributed by atoms with Crippen LogP contribution in [0.15, 0.2) is 42.6 Å². The van der Waals surface area contributed by atoms with E-state index >= 15 is 0 Å². The minimum atomic E-state index is -0.378. The van der Waals surface area contributed by atoms with Crippen molar-refractivity contribution in [3.63, 3.8) is 0 Å². The van der Waals surface area contributed by atoms with Crippen LogP contribution in [0.25, 0.3) is 0 Å². The summed E-state index contributed by atoms with van der Waals surface area (Å²) in [7, 11) is 0. The molecule has 0 spiro atoms. The van der Waals surface area contributed by atoms with E-state index in [0.717, 1.165) is 5.56 Å². The lowest BCUT2D eigenvalue weighted by Gasteiger charge is -2.07. The molecule has 1 aromatic carbocycles. The Morgan fingerprint density at radius 3 is 2.86 bits per heavy atom. The van der Waals surface area contributed by atoms with Gasteiger partial charge >= 0.3 is 5.97 Å². The molecule has 21 heavy (non-hydrogen) atoms. The summed E-state index contributed by atoms with van der Waals surface area (Å²) in [4.78, 5) is 15.6. The molecule has 0 aliphatic carbocycles. The highest BCUT2D eigenvalue weighted by Crippen LogP contribution is 2.08. The van der Waals surface area contributed by atoms with Crippen LogP contribution in [0.2, 0.25) is 0 Å². The quantitative estimate of drug-likeness (QED) is 0.830. The molecule has 5 heteroatoms. The van der Waals surface area contributed by atoms with Crippen LogP contribution in [0.3, 0.4) is 0 Å². The number of hydrogen-bond donors (Lipinski definition) is 1. The second-order valence-corrected chi connectivity index (χ2v) is 4.46. The minimum Gasteiger partial charge on any atom is -0.462 e. The van der Waals surface area contributed by atoms with Crippen LogP contribution in [0.4, 0.5) is 10.2 Å². The van der Waals surface area contributed by atoms with E-state index in [-0.39, 0.29) is 11.8 Å². The molecule has 0 amide bonds. The normalized spacial score (nSPS) is 10.2. The third-order valence-corrected chi connectivity index (χ3v) is 2.88. The highest BCUT2D eigenvalue weighted by molar-refractivity contribution is 5.89. The molecule has 0 atom stereocenters. The Morgan fingerprint density at radius 2 is 2.19 bits per heavy atom. The highest BCUT2D eigenvalue weighted by atomic mass is 19.1. The van der Waals surface area contributed by atoms with Crippen molar-refractivity contribution in [1.82, 2.24) is 4.98 Å². The number of hydrogen-bond acceptors (Lipinski definition) is 4. The topological polar surface area (TPSA) is 51.2 Å². The molecule has 2 rings (SSSR count). The van der Waals surface area contributed by atoms with Gasteiger partial charge in [0.2, 0.25) is 0 Å². The monoisotopic (exact) mass is 288 g/mol. The first kappa shape index (κ1) is 15.0. The molecule has 1 N–H and O–H groups in total. The summed E-state index contributed by atoms with van der Waals surface area (Å²) >= 11 is 0. The third-order valence-electron chi connectivity index (χ3n) is 2.88. The SMILES string of the molecule is CCOC(=O)c1ccc(NCCc2cccc(F)c2)nc1. The number of nitrogens with one attached hydrogen (secondary N) is 1.